The number of aromatic nitrogens is 3. The predicted octanol–water partition coefficient (Wildman–Crippen LogP) is 1.37. The third-order valence-electron chi connectivity index (χ3n) is 2.48. The first kappa shape index (κ1) is 12.1. The summed E-state index contributed by atoms with van der Waals surface area (Å²) in [5.74, 6) is 0. The third kappa shape index (κ3) is 3.31. The van der Waals surface area contributed by atoms with Gasteiger partial charge in [0.25, 0.3) is 0 Å². The van der Waals surface area contributed by atoms with Crippen LogP contribution >= 0.6 is 0 Å². The van der Waals surface area contributed by atoms with E-state index in [-0.39, 0.29) is 12.1 Å². The number of carbonyl (C=O) groups is 1. The summed E-state index contributed by atoms with van der Waals surface area (Å²) in [5, 5.41) is 12.1. The van der Waals surface area contributed by atoms with Gasteiger partial charge < -0.3 is 10.6 Å². The van der Waals surface area contributed by atoms with Crippen LogP contribution in [0.4, 0.5) is 4.79 Å². The Bertz CT molecular complexity index is 482. The quantitative estimate of drug-likeness (QED) is 0.760. The van der Waals surface area contributed by atoms with Crippen molar-refractivity contribution in [2.75, 3.05) is 0 Å². The van der Waals surface area contributed by atoms with Gasteiger partial charge in [0, 0.05) is 12.4 Å². The number of hydrogen-bond acceptors (Lipinski definition) is 3. The van der Waals surface area contributed by atoms with Crippen molar-refractivity contribution < 1.29 is 4.79 Å². The second-order valence-electron chi connectivity index (χ2n) is 3.89. The minimum Gasteiger partial charge on any atom is -0.333 e. The first-order chi connectivity index (χ1) is 8.75. The number of nitrogens with zero attached hydrogens (tertiary/aromatic N) is 2. The number of pyridine rings is 1. The van der Waals surface area contributed by atoms with Crippen LogP contribution in [0.1, 0.15) is 24.4 Å². The van der Waals surface area contributed by atoms with Gasteiger partial charge in [0.15, 0.2) is 0 Å². The van der Waals surface area contributed by atoms with Crippen LogP contribution in [0, 0.1) is 0 Å². The van der Waals surface area contributed by atoms with Crippen LogP contribution in [-0.4, -0.2) is 21.2 Å². The normalized spacial score (nSPS) is 11.8. The summed E-state index contributed by atoms with van der Waals surface area (Å²) < 4.78 is 0. The molecule has 0 unspecified atom stereocenters. The maximum absolute atomic E-state index is 11.6. The van der Waals surface area contributed by atoms with Gasteiger partial charge in [-0.2, -0.15) is 5.10 Å². The molecule has 6 nitrogen and oxygen atoms in total. The minimum atomic E-state index is -0.234. The highest BCUT2D eigenvalue weighted by Gasteiger charge is 2.09. The number of urea groups is 1. The molecule has 18 heavy (non-hydrogen) atoms. The Hall–Kier alpha value is -2.37. The van der Waals surface area contributed by atoms with E-state index in [1.54, 1.807) is 12.4 Å². The zero-order valence-electron chi connectivity index (χ0n) is 10.1. The van der Waals surface area contributed by atoms with Crippen LogP contribution < -0.4 is 10.6 Å². The molecule has 0 aromatic carbocycles. The van der Waals surface area contributed by atoms with Crippen LogP contribution in [-0.2, 0) is 6.54 Å². The van der Waals surface area contributed by atoms with Crippen molar-refractivity contribution in [1.29, 1.82) is 0 Å². The number of aromatic amines is 1. The lowest BCUT2D eigenvalue weighted by molar-refractivity contribution is 0.237. The maximum atomic E-state index is 11.6. The van der Waals surface area contributed by atoms with E-state index in [2.05, 4.69) is 25.8 Å². The largest absolute Gasteiger partial charge is 0.333 e. The summed E-state index contributed by atoms with van der Waals surface area (Å²) in [6.07, 6.45) is 3.35. The highest BCUT2D eigenvalue weighted by atomic mass is 16.2. The Morgan fingerprint density at radius 1 is 1.39 bits per heavy atom. The monoisotopic (exact) mass is 245 g/mol. The van der Waals surface area contributed by atoms with E-state index in [1.165, 1.54) is 0 Å². The van der Waals surface area contributed by atoms with Gasteiger partial charge in [-0.3, -0.25) is 10.1 Å². The standard InChI is InChI=1S/C12H15N5O/c1-9(11-4-2-3-6-13-11)16-12(18)14-8-10-5-7-15-17-10/h2-7,9H,8H2,1H3,(H,15,17)(H2,14,16,18)/t9-/m0/s1. The third-order valence-corrected chi connectivity index (χ3v) is 2.48. The highest BCUT2D eigenvalue weighted by Crippen LogP contribution is 2.07. The van der Waals surface area contributed by atoms with Crippen LogP contribution in [0.15, 0.2) is 36.7 Å². The molecule has 0 aliphatic carbocycles. The molecule has 6 heteroatoms. The molecule has 0 bridgehead atoms. The van der Waals surface area contributed by atoms with Crippen molar-refractivity contribution in [3.63, 3.8) is 0 Å². The van der Waals surface area contributed by atoms with Crippen LogP contribution in [0.3, 0.4) is 0 Å². The second-order valence-corrected chi connectivity index (χ2v) is 3.89. The zero-order chi connectivity index (χ0) is 12.8. The SMILES string of the molecule is C[C@H](NC(=O)NCc1ccn[nH]1)c1ccccn1. The Morgan fingerprint density at radius 3 is 2.94 bits per heavy atom. The molecule has 2 aromatic rings. The average molecular weight is 245 g/mol. The lowest BCUT2D eigenvalue weighted by atomic mass is 10.2. The van der Waals surface area contributed by atoms with Gasteiger partial charge in [-0.05, 0) is 25.1 Å². The van der Waals surface area contributed by atoms with E-state index in [9.17, 15) is 4.79 Å². The number of amides is 2. The fourth-order valence-electron chi connectivity index (χ4n) is 1.51. The van der Waals surface area contributed by atoms with Crippen molar-refractivity contribution >= 4 is 6.03 Å². The predicted molar refractivity (Wildman–Crippen MR) is 66.6 cm³/mol. The van der Waals surface area contributed by atoms with Gasteiger partial charge in [0.05, 0.1) is 24.0 Å². The summed E-state index contributed by atoms with van der Waals surface area (Å²) in [5.41, 5.74) is 1.69. The Morgan fingerprint density at radius 2 is 2.28 bits per heavy atom. The Balaban J connectivity index is 1.80. The lowest BCUT2D eigenvalue weighted by Crippen LogP contribution is -2.36. The molecule has 1 atom stereocenters. The van der Waals surface area contributed by atoms with E-state index in [0.717, 1.165) is 11.4 Å². The van der Waals surface area contributed by atoms with Gasteiger partial charge in [0.1, 0.15) is 0 Å². The average Bonchev–Trinajstić information content (AvgIpc) is 2.90. The summed E-state index contributed by atoms with van der Waals surface area (Å²) in [7, 11) is 0. The molecule has 0 radical (unpaired) electrons. The zero-order valence-corrected chi connectivity index (χ0v) is 10.1. The van der Waals surface area contributed by atoms with Crippen molar-refractivity contribution in [2.45, 2.75) is 19.5 Å². The fraction of sp³-hybridized carbons (Fsp3) is 0.250. The molecule has 0 aliphatic rings. The van der Waals surface area contributed by atoms with Gasteiger partial charge in [-0.15, -0.1) is 0 Å². The number of nitrogens with one attached hydrogen (secondary N) is 3. The van der Waals surface area contributed by atoms with Crippen molar-refractivity contribution in [3.8, 4) is 0 Å². The van der Waals surface area contributed by atoms with E-state index >= 15 is 0 Å². The number of rotatable bonds is 4. The smallest absolute Gasteiger partial charge is 0.315 e. The van der Waals surface area contributed by atoms with Gasteiger partial charge in [0.2, 0.25) is 0 Å². The molecule has 0 saturated carbocycles. The first-order valence-corrected chi connectivity index (χ1v) is 5.69. The number of hydrogen-bond donors (Lipinski definition) is 3. The summed E-state index contributed by atoms with van der Waals surface area (Å²) in [4.78, 5) is 15.8. The van der Waals surface area contributed by atoms with Crippen LogP contribution in [0.5, 0.6) is 0 Å². The van der Waals surface area contributed by atoms with E-state index in [1.807, 2.05) is 31.2 Å². The minimum absolute atomic E-state index is 0.132. The van der Waals surface area contributed by atoms with Crippen LogP contribution in [0.2, 0.25) is 0 Å². The molecular weight excluding hydrogens is 230 g/mol. The molecule has 0 spiro atoms. The Labute approximate surface area is 105 Å². The van der Waals surface area contributed by atoms with E-state index < -0.39 is 0 Å². The maximum Gasteiger partial charge on any atom is 0.315 e. The summed E-state index contributed by atoms with van der Waals surface area (Å²) >= 11 is 0. The molecule has 2 amide bonds. The molecular formula is C12H15N5O. The molecule has 2 heterocycles. The molecule has 94 valence electrons. The highest BCUT2D eigenvalue weighted by molar-refractivity contribution is 5.74. The van der Waals surface area contributed by atoms with E-state index in [0.29, 0.717) is 6.54 Å². The fourth-order valence-corrected chi connectivity index (χ4v) is 1.51. The van der Waals surface area contributed by atoms with Crippen molar-refractivity contribution in [3.05, 3.63) is 48.0 Å². The van der Waals surface area contributed by atoms with Gasteiger partial charge in [-0.1, -0.05) is 6.07 Å². The molecule has 3 N–H and O–H groups in total. The molecule has 0 saturated heterocycles. The molecule has 0 fully saturated rings. The van der Waals surface area contributed by atoms with Gasteiger partial charge >= 0.3 is 6.03 Å². The van der Waals surface area contributed by atoms with E-state index in [4.69, 9.17) is 0 Å². The number of H-pyrrole nitrogens is 1. The Kier molecular flexibility index (Phi) is 3.90. The summed E-state index contributed by atoms with van der Waals surface area (Å²) in [6, 6.07) is 7.05. The number of carbonyl (C=O) groups excluding carboxylic acids is 1. The summed E-state index contributed by atoms with van der Waals surface area (Å²) in [6.45, 7) is 2.30. The topological polar surface area (TPSA) is 82.7 Å². The second kappa shape index (κ2) is 5.81. The molecule has 2 rings (SSSR count). The van der Waals surface area contributed by atoms with Crippen molar-refractivity contribution in [2.24, 2.45) is 0 Å². The lowest BCUT2D eigenvalue weighted by Gasteiger charge is -2.13. The first-order valence-electron chi connectivity index (χ1n) is 5.69. The van der Waals surface area contributed by atoms with Crippen LogP contribution in [0.25, 0.3) is 0 Å². The molecule has 0 aliphatic heterocycles. The molecule has 2 aromatic heterocycles. The van der Waals surface area contributed by atoms with Gasteiger partial charge in [-0.25, -0.2) is 4.79 Å². The van der Waals surface area contributed by atoms with Crippen molar-refractivity contribution in [1.82, 2.24) is 25.8 Å².